The quantitative estimate of drug-likeness (QED) is 0.401. The van der Waals surface area contributed by atoms with Crippen LogP contribution in [0.2, 0.25) is 5.28 Å². The number of rotatable bonds is 3. The Labute approximate surface area is 165 Å². The molecule has 5 rings (SSSR count). The van der Waals surface area contributed by atoms with Gasteiger partial charge in [0.15, 0.2) is 11.4 Å². The molecule has 5 nitrogen and oxygen atoms in total. The first-order valence-corrected chi connectivity index (χ1v) is 9.07. The molecular formula is C22H13ClN4O. The molecule has 2 heterocycles. The number of hydrogen-bond acceptors (Lipinski definition) is 5. The van der Waals surface area contributed by atoms with Crippen LogP contribution in [-0.2, 0) is 0 Å². The van der Waals surface area contributed by atoms with E-state index in [-0.39, 0.29) is 5.28 Å². The molecule has 0 bridgehead atoms. The van der Waals surface area contributed by atoms with E-state index in [1.165, 1.54) is 0 Å². The molecule has 0 spiro atoms. The van der Waals surface area contributed by atoms with Crippen LogP contribution in [0.4, 0.5) is 0 Å². The lowest BCUT2D eigenvalue weighted by atomic mass is 10.0. The van der Waals surface area contributed by atoms with Gasteiger partial charge in [0.25, 0.3) is 5.89 Å². The summed E-state index contributed by atoms with van der Waals surface area (Å²) in [5.74, 6) is 1.09. The highest BCUT2D eigenvalue weighted by atomic mass is 35.5. The molecule has 0 amide bonds. The molecule has 0 saturated carbocycles. The van der Waals surface area contributed by atoms with Gasteiger partial charge in [-0.3, -0.25) is 0 Å². The van der Waals surface area contributed by atoms with E-state index in [0.717, 1.165) is 22.2 Å². The van der Waals surface area contributed by atoms with Gasteiger partial charge in [0, 0.05) is 5.56 Å². The van der Waals surface area contributed by atoms with E-state index in [1.807, 2.05) is 66.7 Å². The Kier molecular flexibility index (Phi) is 4.07. The zero-order valence-corrected chi connectivity index (χ0v) is 15.3. The number of fused-ring (bicyclic) bond motifs is 1. The average molecular weight is 385 g/mol. The first kappa shape index (κ1) is 16.6. The highest BCUT2D eigenvalue weighted by molar-refractivity contribution is 6.28. The van der Waals surface area contributed by atoms with Crippen molar-refractivity contribution in [1.29, 1.82) is 0 Å². The fourth-order valence-corrected chi connectivity index (χ4v) is 3.15. The third kappa shape index (κ3) is 3.12. The lowest BCUT2D eigenvalue weighted by Gasteiger charge is -2.05. The Hall–Kier alpha value is -3.57. The summed E-state index contributed by atoms with van der Waals surface area (Å²) >= 11 is 6.14. The van der Waals surface area contributed by atoms with Crippen LogP contribution in [-0.4, -0.2) is 19.9 Å². The van der Waals surface area contributed by atoms with E-state index in [4.69, 9.17) is 16.0 Å². The fourth-order valence-electron chi connectivity index (χ4n) is 2.99. The Morgan fingerprint density at radius 3 is 2.00 bits per heavy atom. The van der Waals surface area contributed by atoms with Crippen molar-refractivity contribution in [1.82, 2.24) is 19.9 Å². The monoisotopic (exact) mass is 384 g/mol. The van der Waals surface area contributed by atoms with Gasteiger partial charge < -0.3 is 4.42 Å². The largest absolute Gasteiger partial charge is 0.434 e. The number of benzene rings is 3. The van der Waals surface area contributed by atoms with Gasteiger partial charge in [-0.25, -0.2) is 9.97 Å². The van der Waals surface area contributed by atoms with E-state index in [9.17, 15) is 0 Å². The molecule has 0 N–H and O–H groups in total. The highest BCUT2D eigenvalue weighted by Crippen LogP contribution is 2.26. The fraction of sp³-hybridized carbons (Fsp3) is 0. The van der Waals surface area contributed by atoms with Crippen LogP contribution in [0.5, 0.6) is 0 Å². The van der Waals surface area contributed by atoms with E-state index >= 15 is 0 Å². The topological polar surface area (TPSA) is 64.7 Å². The van der Waals surface area contributed by atoms with Gasteiger partial charge in [0.1, 0.15) is 5.52 Å². The molecule has 0 saturated heterocycles. The van der Waals surface area contributed by atoms with E-state index in [2.05, 4.69) is 32.1 Å². The van der Waals surface area contributed by atoms with Crippen molar-refractivity contribution in [3.05, 3.63) is 84.1 Å². The summed E-state index contributed by atoms with van der Waals surface area (Å²) in [6.07, 6.45) is 0. The predicted molar refractivity (Wildman–Crippen MR) is 109 cm³/mol. The third-order valence-corrected chi connectivity index (χ3v) is 4.51. The second kappa shape index (κ2) is 6.87. The van der Waals surface area contributed by atoms with Gasteiger partial charge in [0.05, 0.1) is 0 Å². The van der Waals surface area contributed by atoms with Gasteiger partial charge in [-0.2, -0.15) is 9.97 Å². The van der Waals surface area contributed by atoms with Crippen molar-refractivity contribution in [2.45, 2.75) is 0 Å². The minimum Gasteiger partial charge on any atom is -0.434 e. The van der Waals surface area contributed by atoms with Crippen molar-refractivity contribution >= 4 is 22.7 Å². The van der Waals surface area contributed by atoms with Crippen LogP contribution in [0.3, 0.4) is 0 Å². The maximum Gasteiger partial charge on any atom is 0.266 e. The highest BCUT2D eigenvalue weighted by Gasteiger charge is 2.15. The SMILES string of the molecule is Clc1nc(-c2ccc(-c3ccccc3)cc2)nc(-c2nc3ccccc3o2)n1. The van der Waals surface area contributed by atoms with Crippen molar-refractivity contribution in [2.24, 2.45) is 0 Å². The number of para-hydroxylation sites is 2. The Morgan fingerprint density at radius 2 is 1.21 bits per heavy atom. The minimum atomic E-state index is 0.0920. The number of nitrogens with zero attached hydrogens (tertiary/aromatic N) is 4. The van der Waals surface area contributed by atoms with Crippen LogP contribution in [0.25, 0.3) is 45.3 Å². The summed E-state index contributed by atoms with van der Waals surface area (Å²) < 4.78 is 5.75. The van der Waals surface area contributed by atoms with Crippen molar-refractivity contribution < 1.29 is 4.42 Å². The Bertz CT molecular complexity index is 1230. The van der Waals surface area contributed by atoms with Gasteiger partial charge >= 0.3 is 0 Å². The molecule has 0 fully saturated rings. The molecule has 134 valence electrons. The number of halogens is 1. The summed E-state index contributed by atoms with van der Waals surface area (Å²) in [7, 11) is 0. The van der Waals surface area contributed by atoms with Crippen molar-refractivity contribution in [3.8, 4) is 34.2 Å². The Balaban J connectivity index is 1.54. The first-order chi connectivity index (χ1) is 13.8. The molecule has 6 heteroatoms. The van der Waals surface area contributed by atoms with Crippen LogP contribution >= 0.6 is 11.6 Å². The van der Waals surface area contributed by atoms with Crippen LogP contribution in [0, 0.1) is 0 Å². The molecule has 0 atom stereocenters. The molecule has 0 aliphatic rings. The zero-order valence-electron chi connectivity index (χ0n) is 14.6. The second-order valence-electron chi connectivity index (χ2n) is 6.18. The molecular weight excluding hydrogens is 372 g/mol. The molecule has 0 aliphatic heterocycles. The number of aromatic nitrogens is 4. The number of oxazole rings is 1. The van der Waals surface area contributed by atoms with Gasteiger partial charge in [-0.05, 0) is 34.9 Å². The molecule has 2 aromatic heterocycles. The van der Waals surface area contributed by atoms with Gasteiger partial charge in [-0.1, -0.05) is 66.7 Å². The van der Waals surface area contributed by atoms with E-state index in [1.54, 1.807) is 0 Å². The smallest absolute Gasteiger partial charge is 0.266 e. The average Bonchev–Trinajstić information content (AvgIpc) is 3.19. The lowest BCUT2D eigenvalue weighted by Crippen LogP contribution is -1.97. The summed E-state index contributed by atoms with van der Waals surface area (Å²) in [6.45, 7) is 0. The predicted octanol–water partition coefficient (Wildman–Crippen LogP) is 5.67. The molecule has 0 aliphatic carbocycles. The standard InChI is InChI=1S/C22H13ClN4O/c23-22-26-19(16-12-10-15(11-13-16)14-6-2-1-3-7-14)25-20(27-22)21-24-17-8-4-5-9-18(17)28-21/h1-13H. The Morgan fingerprint density at radius 1 is 0.571 bits per heavy atom. The van der Waals surface area contributed by atoms with Crippen LogP contribution in [0.15, 0.2) is 83.3 Å². The molecule has 3 aromatic carbocycles. The summed E-state index contributed by atoms with van der Waals surface area (Å²) in [4.78, 5) is 17.4. The van der Waals surface area contributed by atoms with Gasteiger partial charge in [-0.15, -0.1) is 0 Å². The molecule has 28 heavy (non-hydrogen) atoms. The van der Waals surface area contributed by atoms with Crippen molar-refractivity contribution in [3.63, 3.8) is 0 Å². The van der Waals surface area contributed by atoms with E-state index in [0.29, 0.717) is 23.1 Å². The summed E-state index contributed by atoms with van der Waals surface area (Å²) in [5, 5.41) is 0.0920. The van der Waals surface area contributed by atoms with Crippen molar-refractivity contribution in [2.75, 3.05) is 0 Å². The maximum atomic E-state index is 6.14. The summed E-state index contributed by atoms with van der Waals surface area (Å²) in [6, 6.07) is 25.6. The first-order valence-electron chi connectivity index (χ1n) is 8.70. The van der Waals surface area contributed by atoms with Crippen LogP contribution < -0.4 is 0 Å². The zero-order chi connectivity index (χ0) is 18.9. The lowest BCUT2D eigenvalue weighted by molar-refractivity contribution is 0.612. The molecule has 0 unspecified atom stereocenters. The maximum absolute atomic E-state index is 6.14. The molecule has 5 aromatic rings. The minimum absolute atomic E-state index is 0.0920. The normalized spacial score (nSPS) is 11.0. The third-order valence-electron chi connectivity index (χ3n) is 4.34. The second-order valence-corrected chi connectivity index (χ2v) is 6.52. The van der Waals surface area contributed by atoms with E-state index < -0.39 is 0 Å². The van der Waals surface area contributed by atoms with Gasteiger partial charge in [0.2, 0.25) is 11.1 Å². The number of hydrogen-bond donors (Lipinski definition) is 0. The summed E-state index contributed by atoms with van der Waals surface area (Å²) in [5.41, 5.74) is 4.51. The van der Waals surface area contributed by atoms with Crippen LogP contribution in [0.1, 0.15) is 0 Å². The molecule has 0 radical (unpaired) electrons.